The molecule has 0 unspecified atom stereocenters. The van der Waals surface area contributed by atoms with E-state index in [9.17, 15) is 0 Å². The lowest BCUT2D eigenvalue weighted by Crippen LogP contribution is -2.18. The van der Waals surface area contributed by atoms with Gasteiger partial charge in [-0.3, -0.25) is 0 Å². The standard InChI is InChI=1S/C15H20BrCl/c1-11(9-16)12(2)13-5-7-14(8-6-13)15(3,4)10-17/h5-8H,9-10H2,1-4H3/b12-11-. The summed E-state index contributed by atoms with van der Waals surface area (Å²) in [5, 5.41) is 0.924. The van der Waals surface area contributed by atoms with Gasteiger partial charge in [-0.1, -0.05) is 59.6 Å². The number of hydrogen-bond donors (Lipinski definition) is 0. The van der Waals surface area contributed by atoms with Crippen LogP contribution in [-0.4, -0.2) is 11.2 Å². The zero-order valence-corrected chi connectivity index (χ0v) is 13.3. The first-order valence-electron chi connectivity index (χ1n) is 5.81. The lowest BCUT2D eigenvalue weighted by atomic mass is 9.86. The number of allylic oxidation sites excluding steroid dienone is 2. The van der Waals surface area contributed by atoms with Crippen LogP contribution in [0.15, 0.2) is 29.8 Å². The summed E-state index contributed by atoms with van der Waals surface area (Å²) >= 11 is 9.48. The van der Waals surface area contributed by atoms with Crippen molar-refractivity contribution < 1.29 is 0 Å². The molecule has 0 radical (unpaired) electrons. The number of benzene rings is 1. The van der Waals surface area contributed by atoms with Crippen molar-refractivity contribution in [3.8, 4) is 0 Å². The predicted molar refractivity (Wildman–Crippen MR) is 82.3 cm³/mol. The minimum absolute atomic E-state index is 0.0438. The molecule has 0 spiro atoms. The van der Waals surface area contributed by atoms with Gasteiger partial charge in [0.05, 0.1) is 0 Å². The van der Waals surface area contributed by atoms with Crippen molar-refractivity contribution in [1.29, 1.82) is 0 Å². The van der Waals surface area contributed by atoms with Crippen LogP contribution in [0.1, 0.15) is 38.8 Å². The van der Waals surface area contributed by atoms with Gasteiger partial charge >= 0.3 is 0 Å². The summed E-state index contributed by atoms with van der Waals surface area (Å²) in [7, 11) is 0. The molecule has 94 valence electrons. The lowest BCUT2D eigenvalue weighted by Gasteiger charge is -2.22. The van der Waals surface area contributed by atoms with E-state index in [2.05, 4.69) is 67.9 Å². The average molecular weight is 316 g/mol. The van der Waals surface area contributed by atoms with E-state index >= 15 is 0 Å². The molecule has 0 bridgehead atoms. The summed E-state index contributed by atoms with van der Waals surface area (Å²) in [6.07, 6.45) is 0. The number of alkyl halides is 2. The van der Waals surface area contributed by atoms with Gasteiger partial charge in [0.2, 0.25) is 0 Å². The number of halogens is 2. The van der Waals surface area contributed by atoms with Crippen molar-refractivity contribution in [2.75, 3.05) is 11.2 Å². The van der Waals surface area contributed by atoms with Crippen LogP contribution in [0.5, 0.6) is 0 Å². The highest BCUT2D eigenvalue weighted by atomic mass is 79.9. The zero-order valence-electron chi connectivity index (χ0n) is 11.0. The van der Waals surface area contributed by atoms with Crippen molar-refractivity contribution in [3.05, 3.63) is 41.0 Å². The molecule has 0 saturated carbocycles. The van der Waals surface area contributed by atoms with Gasteiger partial charge in [0.15, 0.2) is 0 Å². The molecule has 0 atom stereocenters. The molecule has 1 rings (SSSR count). The normalized spacial score (nSPS) is 13.5. The van der Waals surface area contributed by atoms with E-state index < -0.39 is 0 Å². The fraction of sp³-hybridized carbons (Fsp3) is 0.467. The van der Waals surface area contributed by atoms with Crippen molar-refractivity contribution in [1.82, 2.24) is 0 Å². The zero-order chi connectivity index (χ0) is 13.1. The van der Waals surface area contributed by atoms with Gasteiger partial charge in [0, 0.05) is 16.6 Å². The van der Waals surface area contributed by atoms with Gasteiger partial charge in [0.25, 0.3) is 0 Å². The molecule has 0 nitrogen and oxygen atoms in total. The summed E-state index contributed by atoms with van der Waals surface area (Å²) in [5.41, 5.74) is 5.34. The topological polar surface area (TPSA) is 0 Å². The molecule has 0 aliphatic rings. The van der Waals surface area contributed by atoms with Crippen molar-refractivity contribution in [2.24, 2.45) is 0 Å². The van der Waals surface area contributed by atoms with E-state index in [1.165, 1.54) is 22.3 Å². The first-order valence-corrected chi connectivity index (χ1v) is 7.47. The first-order chi connectivity index (χ1) is 7.92. The Morgan fingerprint density at radius 1 is 1.18 bits per heavy atom. The summed E-state index contributed by atoms with van der Waals surface area (Å²) in [6, 6.07) is 8.74. The third-order valence-electron chi connectivity index (χ3n) is 3.27. The summed E-state index contributed by atoms with van der Waals surface area (Å²) in [6.45, 7) is 8.65. The maximum absolute atomic E-state index is 5.99. The van der Waals surface area contributed by atoms with E-state index in [0.29, 0.717) is 5.88 Å². The monoisotopic (exact) mass is 314 g/mol. The highest BCUT2D eigenvalue weighted by molar-refractivity contribution is 9.09. The Morgan fingerprint density at radius 2 is 1.71 bits per heavy atom. The van der Waals surface area contributed by atoms with Gasteiger partial charge in [0.1, 0.15) is 0 Å². The summed E-state index contributed by atoms with van der Waals surface area (Å²) in [4.78, 5) is 0. The van der Waals surface area contributed by atoms with E-state index in [4.69, 9.17) is 11.6 Å². The predicted octanol–water partition coefficient (Wildman–Crippen LogP) is 5.39. The summed E-state index contributed by atoms with van der Waals surface area (Å²) < 4.78 is 0. The smallest absolute Gasteiger partial charge is 0.0315 e. The quantitative estimate of drug-likeness (QED) is 0.653. The Kier molecular flexibility index (Phi) is 5.27. The fourth-order valence-electron chi connectivity index (χ4n) is 1.60. The van der Waals surface area contributed by atoms with Crippen LogP contribution in [0.4, 0.5) is 0 Å². The highest BCUT2D eigenvalue weighted by Crippen LogP contribution is 2.27. The van der Waals surface area contributed by atoms with Crippen LogP contribution in [0.25, 0.3) is 5.57 Å². The maximum Gasteiger partial charge on any atom is 0.0315 e. The van der Waals surface area contributed by atoms with Crippen LogP contribution in [0.3, 0.4) is 0 Å². The van der Waals surface area contributed by atoms with Crippen LogP contribution in [0.2, 0.25) is 0 Å². The van der Waals surface area contributed by atoms with Gasteiger partial charge in [-0.05, 0) is 30.5 Å². The molecule has 0 saturated heterocycles. The minimum Gasteiger partial charge on any atom is -0.126 e. The number of rotatable bonds is 4. The Hall–Kier alpha value is -0.270. The van der Waals surface area contributed by atoms with E-state index in [1.54, 1.807) is 0 Å². The van der Waals surface area contributed by atoms with Crippen molar-refractivity contribution >= 4 is 33.1 Å². The SMILES string of the molecule is C/C(CBr)=C(\C)c1ccc(C(C)(C)CCl)cc1. The molecule has 0 N–H and O–H groups in total. The molecule has 2 heteroatoms. The van der Waals surface area contributed by atoms with E-state index in [1.807, 2.05) is 0 Å². The van der Waals surface area contributed by atoms with Crippen LogP contribution in [-0.2, 0) is 5.41 Å². The molecule has 0 heterocycles. The second-order valence-electron chi connectivity index (χ2n) is 5.13. The van der Waals surface area contributed by atoms with Gasteiger partial charge in [-0.25, -0.2) is 0 Å². The molecule has 0 fully saturated rings. The van der Waals surface area contributed by atoms with Crippen LogP contribution < -0.4 is 0 Å². The Balaban J connectivity index is 3.05. The molecule has 0 aliphatic heterocycles. The maximum atomic E-state index is 5.99. The van der Waals surface area contributed by atoms with E-state index in [0.717, 1.165) is 5.33 Å². The van der Waals surface area contributed by atoms with Gasteiger partial charge in [-0.15, -0.1) is 11.6 Å². The fourth-order valence-corrected chi connectivity index (χ4v) is 2.17. The number of hydrogen-bond acceptors (Lipinski definition) is 0. The van der Waals surface area contributed by atoms with Crippen molar-refractivity contribution in [2.45, 2.75) is 33.1 Å². The van der Waals surface area contributed by atoms with Crippen molar-refractivity contribution in [3.63, 3.8) is 0 Å². The van der Waals surface area contributed by atoms with Gasteiger partial charge < -0.3 is 0 Å². The van der Waals surface area contributed by atoms with Crippen LogP contribution in [0, 0.1) is 0 Å². The first kappa shape index (κ1) is 14.8. The highest BCUT2D eigenvalue weighted by Gasteiger charge is 2.18. The van der Waals surface area contributed by atoms with E-state index in [-0.39, 0.29) is 5.41 Å². The molecule has 1 aromatic rings. The Bertz CT molecular complexity index is 401. The van der Waals surface area contributed by atoms with Crippen LogP contribution >= 0.6 is 27.5 Å². The third kappa shape index (κ3) is 3.59. The Morgan fingerprint density at radius 3 is 2.12 bits per heavy atom. The Labute approximate surface area is 118 Å². The third-order valence-corrected chi connectivity index (χ3v) is 4.78. The average Bonchev–Trinajstić information content (AvgIpc) is 2.37. The van der Waals surface area contributed by atoms with Gasteiger partial charge in [-0.2, -0.15) is 0 Å². The molecular weight excluding hydrogens is 296 g/mol. The molecular formula is C15H20BrCl. The second-order valence-corrected chi connectivity index (χ2v) is 5.96. The second kappa shape index (κ2) is 6.06. The molecule has 0 amide bonds. The molecule has 0 aromatic heterocycles. The minimum atomic E-state index is 0.0438. The lowest BCUT2D eigenvalue weighted by molar-refractivity contribution is 0.598. The largest absolute Gasteiger partial charge is 0.126 e. The molecule has 17 heavy (non-hydrogen) atoms. The summed E-state index contributed by atoms with van der Waals surface area (Å²) in [5.74, 6) is 0.640. The molecule has 1 aromatic carbocycles. The molecule has 0 aliphatic carbocycles.